The van der Waals surface area contributed by atoms with Crippen molar-refractivity contribution in [2.75, 3.05) is 19.3 Å². The van der Waals surface area contributed by atoms with Gasteiger partial charge in [0.05, 0.1) is 22.5 Å². The molecule has 0 amide bonds. The predicted molar refractivity (Wildman–Crippen MR) is 144 cm³/mol. The van der Waals surface area contributed by atoms with Crippen molar-refractivity contribution in [3.05, 3.63) is 92.9 Å². The number of thioether (sulfide) groups is 1. The molecule has 9 heteroatoms. The molecule has 2 aliphatic heterocycles. The van der Waals surface area contributed by atoms with Crippen LogP contribution in [0.5, 0.6) is 0 Å². The highest BCUT2D eigenvalue weighted by Crippen LogP contribution is 2.51. The van der Waals surface area contributed by atoms with Gasteiger partial charge in [-0.2, -0.15) is 0 Å². The van der Waals surface area contributed by atoms with E-state index in [9.17, 15) is 20.0 Å². The normalized spacial score (nSPS) is 22.4. The number of nitrogens with zero attached hydrogens (tertiary/aromatic N) is 3. The lowest BCUT2D eigenvalue weighted by molar-refractivity contribution is -0.385. The predicted octanol–water partition coefficient (Wildman–Crippen LogP) is 5.37. The van der Waals surface area contributed by atoms with Crippen molar-refractivity contribution in [3.8, 4) is 0 Å². The number of allylic oxidation sites excluding steroid dienone is 1. The Hall–Kier alpha value is -3.30. The molecule has 0 spiro atoms. The molecular formula is C28H32N4O4S. The molecule has 2 unspecified atom stereocenters. The zero-order chi connectivity index (χ0) is 26.1. The minimum atomic E-state index is -1.05. The molecule has 2 aromatic carbocycles. The van der Waals surface area contributed by atoms with E-state index in [0.29, 0.717) is 17.2 Å². The number of nitrogens with one attached hydrogen (secondary N) is 1. The Morgan fingerprint density at radius 1 is 1.14 bits per heavy atom. The number of carbonyl (C=O) groups is 1. The Morgan fingerprint density at radius 2 is 1.81 bits per heavy atom. The highest BCUT2D eigenvalue weighted by Gasteiger charge is 2.50. The van der Waals surface area contributed by atoms with Crippen LogP contribution in [0.4, 0.5) is 5.69 Å². The van der Waals surface area contributed by atoms with Gasteiger partial charge < -0.3 is 10.4 Å². The summed E-state index contributed by atoms with van der Waals surface area (Å²) >= 11 is 1.80. The molecule has 1 fully saturated rings. The van der Waals surface area contributed by atoms with Gasteiger partial charge >= 0.3 is 5.97 Å². The molecule has 2 heterocycles. The van der Waals surface area contributed by atoms with Gasteiger partial charge in [-0.3, -0.25) is 15.1 Å². The summed E-state index contributed by atoms with van der Waals surface area (Å²) in [5, 5.41) is 30.2. The van der Waals surface area contributed by atoms with Crippen LogP contribution in [-0.2, 0) is 4.79 Å². The van der Waals surface area contributed by atoms with Crippen molar-refractivity contribution >= 4 is 23.4 Å². The van der Waals surface area contributed by atoms with Crippen LogP contribution >= 0.6 is 11.8 Å². The summed E-state index contributed by atoms with van der Waals surface area (Å²) in [4.78, 5) is 25.5. The molecule has 2 aromatic rings. The number of nitro groups is 1. The third kappa shape index (κ3) is 4.73. The van der Waals surface area contributed by atoms with Gasteiger partial charge in [0.1, 0.15) is 5.82 Å². The lowest BCUT2D eigenvalue weighted by Gasteiger charge is -2.36. The smallest absolute Gasteiger partial charge is 0.334 e. The van der Waals surface area contributed by atoms with Crippen LogP contribution in [0.25, 0.3) is 0 Å². The Labute approximate surface area is 221 Å². The number of para-hydroxylation sites is 1. The van der Waals surface area contributed by atoms with Gasteiger partial charge in [-0.15, -0.1) is 11.8 Å². The van der Waals surface area contributed by atoms with Crippen LogP contribution in [0.2, 0.25) is 0 Å². The summed E-state index contributed by atoms with van der Waals surface area (Å²) in [6.45, 7) is 2.53. The summed E-state index contributed by atoms with van der Waals surface area (Å²) in [5.74, 6) is 0.331. The fraction of sp³-hybridized carbons (Fsp3) is 0.393. The molecule has 5 rings (SSSR count). The average molecular weight is 521 g/mol. The van der Waals surface area contributed by atoms with E-state index in [1.807, 2.05) is 25.2 Å². The van der Waals surface area contributed by atoms with Gasteiger partial charge in [-0.25, -0.2) is 9.80 Å². The van der Waals surface area contributed by atoms with E-state index in [1.165, 1.54) is 11.0 Å². The van der Waals surface area contributed by atoms with Gasteiger partial charge in [0.25, 0.3) is 5.69 Å². The zero-order valence-electron chi connectivity index (χ0n) is 21.1. The van der Waals surface area contributed by atoms with Crippen molar-refractivity contribution in [3.63, 3.8) is 0 Å². The lowest BCUT2D eigenvalue weighted by atomic mass is 9.75. The first-order valence-corrected chi connectivity index (χ1v) is 13.7. The maximum atomic E-state index is 12.6. The standard InChI is InChI=1S/C28H32N4O4S/c1-18-23(28(33)34)24(21-14-8-9-15-22(21)32(35)36)25-26(19-10-6-7-11-19)31(30(2)27(25)29-18)16-17-37-20-12-4-3-5-13-20/h3-5,8-9,12-15,19,24,26,29H,6-7,10-11,16-17H2,1-2H3,(H,33,34). The largest absolute Gasteiger partial charge is 0.478 e. The average Bonchev–Trinajstić information content (AvgIpc) is 3.51. The quantitative estimate of drug-likeness (QED) is 0.273. The zero-order valence-corrected chi connectivity index (χ0v) is 21.9. The molecular weight excluding hydrogens is 488 g/mol. The highest BCUT2D eigenvalue weighted by molar-refractivity contribution is 7.99. The summed E-state index contributed by atoms with van der Waals surface area (Å²) < 4.78 is 0. The van der Waals surface area contributed by atoms with Crippen molar-refractivity contribution in [1.82, 2.24) is 15.3 Å². The van der Waals surface area contributed by atoms with E-state index in [4.69, 9.17) is 0 Å². The maximum absolute atomic E-state index is 12.6. The van der Waals surface area contributed by atoms with Gasteiger partial charge in [0.15, 0.2) is 0 Å². The fourth-order valence-electron chi connectivity index (χ4n) is 6.22. The van der Waals surface area contributed by atoms with E-state index < -0.39 is 16.8 Å². The van der Waals surface area contributed by atoms with Crippen LogP contribution in [0.3, 0.4) is 0 Å². The molecule has 8 nitrogen and oxygen atoms in total. The molecule has 1 aliphatic carbocycles. The Kier molecular flexibility index (Phi) is 7.26. The van der Waals surface area contributed by atoms with Crippen LogP contribution in [0.1, 0.15) is 44.1 Å². The SMILES string of the molecule is CC1=C(C(=O)O)C(c2ccccc2[N+](=O)[O-])C2=C(N1)N(C)N(CCSc1ccccc1)C2C1CCCC1. The molecule has 0 radical (unpaired) electrons. The van der Waals surface area contributed by atoms with Crippen LogP contribution in [-0.4, -0.2) is 51.4 Å². The number of hydrazine groups is 1. The van der Waals surface area contributed by atoms with Gasteiger partial charge in [0.2, 0.25) is 0 Å². The monoisotopic (exact) mass is 520 g/mol. The number of hydrogen-bond acceptors (Lipinski definition) is 7. The van der Waals surface area contributed by atoms with Crippen LogP contribution in [0.15, 0.2) is 82.2 Å². The second-order valence-electron chi connectivity index (χ2n) is 9.86. The van der Waals surface area contributed by atoms with E-state index in [-0.39, 0.29) is 17.3 Å². The number of hydrogen-bond donors (Lipinski definition) is 2. The van der Waals surface area contributed by atoms with E-state index in [1.54, 1.807) is 36.9 Å². The topological polar surface area (TPSA) is 98.9 Å². The van der Waals surface area contributed by atoms with Crippen molar-refractivity contribution < 1.29 is 14.8 Å². The van der Waals surface area contributed by atoms with Crippen molar-refractivity contribution in [2.24, 2.45) is 5.92 Å². The third-order valence-electron chi connectivity index (χ3n) is 7.79. The number of rotatable bonds is 8. The Bertz CT molecular complexity index is 1260. The molecule has 1 saturated carbocycles. The molecule has 0 saturated heterocycles. The second-order valence-corrected chi connectivity index (χ2v) is 11.0. The molecule has 0 bridgehead atoms. The van der Waals surface area contributed by atoms with Crippen LogP contribution in [0, 0.1) is 16.0 Å². The summed E-state index contributed by atoms with van der Waals surface area (Å²) in [5.41, 5.74) is 2.04. The first-order valence-electron chi connectivity index (χ1n) is 12.7. The van der Waals surface area contributed by atoms with Crippen molar-refractivity contribution in [1.29, 1.82) is 0 Å². The lowest BCUT2D eigenvalue weighted by Crippen LogP contribution is -2.46. The van der Waals surface area contributed by atoms with Crippen molar-refractivity contribution in [2.45, 2.75) is 49.5 Å². The molecule has 0 aromatic heterocycles. The number of aliphatic carboxylic acids is 1. The summed E-state index contributed by atoms with van der Waals surface area (Å²) in [7, 11) is 2.01. The fourth-order valence-corrected chi connectivity index (χ4v) is 7.08. The summed E-state index contributed by atoms with van der Waals surface area (Å²) in [6.07, 6.45) is 4.41. The van der Waals surface area contributed by atoms with E-state index in [0.717, 1.165) is 49.4 Å². The number of dihydropyridines is 1. The Balaban J connectivity index is 1.57. The van der Waals surface area contributed by atoms with Crippen LogP contribution < -0.4 is 5.32 Å². The number of nitro benzene ring substituents is 1. The minimum absolute atomic E-state index is 0.0290. The molecule has 2 N–H and O–H groups in total. The van der Waals surface area contributed by atoms with Gasteiger partial charge in [-0.05, 0) is 37.8 Å². The van der Waals surface area contributed by atoms with E-state index in [2.05, 4.69) is 27.5 Å². The summed E-state index contributed by atoms with van der Waals surface area (Å²) in [6, 6.07) is 16.9. The van der Waals surface area contributed by atoms with E-state index >= 15 is 0 Å². The van der Waals surface area contributed by atoms with Gasteiger partial charge in [0, 0.05) is 47.1 Å². The second kappa shape index (κ2) is 10.6. The maximum Gasteiger partial charge on any atom is 0.334 e. The molecule has 194 valence electrons. The molecule has 3 aliphatic rings. The first-order chi connectivity index (χ1) is 17.9. The molecule has 37 heavy (non-hydrogen) atoms. The molecule has 2 atom stereocenters. The minimum Gasteiger partial charge on any atom is -0.478 e. The number of carboxylic acids is 1. The highest BCUT2D eigenvalue weighted by atomic mass is 32.2. The Morgan fingerprint density at radius 3 is 2.49 bits per heavy atom. The third-order valence-corrected chi connectivity index (χ3v) is 8.78. The first kappa shape index (κ1) is 25.4. The number of carboxylic acid groups (broad SMARTS) is 1. The van der Waals surface area contributed by atoms with Gasteiger partial charge in [-0.1, -0.05) is 49.2 Å². The number of benzene rings is 2.